The van der Waals surface area contributed by atoms with Crippen molar-refractivity contribution in [3.8, 4) is 0 Å². The summed E-state index contributed by atoms with van der Waals surface area (Å²) in [4.78, 5) is 22.6. The summed E-state index contributed by atoms with van der Waals surface area (Å²) in [6, 6.07) is 7.29. The number of aliphatic hydroxyl groups excluding tert-OH is 1. The lowest BCUT2D eigenvalue weighted by atomic mass is 10.1. The van der Waals surface area contributed by atoms with Crippen molar-refractivity contribution in [2.75, 3.05) is 6.61 Å². The highest BCUT2D eigenvalue weighted by atomic mass is 16.4. The van der Waals surface area contributed by atoms with Crippen molar-refractivity contribution in [3.05, 3.63) is 35.9 Å². The monoisotopic (exact) mass is 266 g/mol. The van der Waals surface area contributed by atoms with E-state index in [1.165, 1.54) is 0 Å². The van der Waals surface area contributed by atoms with Crippen LogP contribution in [0.1, 0.15) is 12.0 Å². The first-order valence-electron chi connectivity index (χ1n) is 5.98. The zero-order chi connectivity index (χ0) is 14.3. The Hall–Kier alpha value is -1.92. The zero-order valence-electron chi connectivity index (χ0n) is 10.5. The number of amides is 1. The highest BCUT2D eigenvalue weighted by Crippen LogP contribution is 2.02. The van der Waals surface area contributed by atoms with Gasteiger partial charge in [-0.25, -0.2) is 4.79 Å². The molecule has 0 spiro atoms. The fourth-order valence-corrected chi connectivity index (χ4v) is 1.63. The second-order valence-corrected chi connectivity index (χ2v) is 4.21. The van der Waals surface area contributed by atoms with E-state index in [9.17, 15) is 9.59 Å². The second-order valence-electron chi connectivity index (χ2n) is 4.21. The maximum Gasteiger partial charge on any atom is 0.326 e. The molecule has 0 aliphatic heterocycles. The van der Waals surface area contributed by atoms with Crippen LogP contribution in [0.2, 0.25) is 0 Å². The summed E-state index contributed by atoms with van der Waals surface area (Å²) < 4.78 is 0. The van der Waals surface area contributed by atoms with Crippen molar-refractivity contribution in [2.24, 2.45) is 5.73 Å². The lowest BCUT2D eigenvalue weighted by Gasteiger charge is -2.17. The molecule has 6 nitrogen and oxygen atoms in total. The average molecular weight is 266 g/mol. The molecule has 0 radical (unpaired) electrons. The van der Waals surface area contributed by atoms with E-state index in [0.717, 1.165) is 5.56 Å². The minimum absolute atomic E-state index is 0.0425. The molecule has 5 N–H and O–H groups in total. The highest BCUT2D eigenvalue weighted by molar-refractivity contribution is 5.86. The van der Waals surface area contributed by atoms with Gasteiger partial charge in [0.05, 0.1) is 6.04 Å². The lowest BCUT2D eigenvalue weighted by molar-refractivity contribution is -0.142. The molecule has 1 aromatic rings. The van der Waals surface area contributed by atoms with Gasteiger partial charge in [0.15, 0.2) is 0 Å². The van der Waals surface area contributed by atoms with Gasteiger partial charge in [-0.3, -0.25) is 4.79 Å². The Kier molecular flexibility index (Phi) is 5.98. The molecule has 0 saturated carbocycles. The Morgan fingerprint density at radius 1 is 1.26 bits per heavy atom. The largest absolute Gasteiger partial charge is 0.480 e. The molecule has 1 aromatic carbocycles. The summed E-state index contributed by atoms with van der Waals surface area (Å²) in [6.45, 7) is -0.314. The molecule has 0 bridgehead atoms. The number of benzene rings is 1. The maximum absolute atomic E-state index is 11.8. The van der Waals surface area contributed by atoms with Crippen LogP contribution in [0.3, 0.4) is 0 Å². The number of hydrogen-bond donors (Lipinski definition) is 4. The molecule has 1 amide bonds. The zero-order valence-corrected chi connectivity index (χ0v) is 10.5. The van der Waals surface area contributed by atoms with Crippen LogP contribution in [-0.4, -0.2) is 40.8 Å². The fraction of sp³-hybridized carbons (Fsp3) is 0.385. The van der Waals surface area contributed by atoms with Crippen LogP contribution >= 0.6 is 0 Å². The first kappa shape index (κ1) is 15.1. The lowest BCUT2D eigenvalue weighted by Crippen LogP contribution is -2.49. The first-order chi connectivity index (χ1) is 9.04. The predicted octanol–water partition coefficient (Wildman–Crippen LogP) is -0.492. The number of carboxylic acid groups (broad SMARTS) is 1. The Morgan fingerprint density at radius 3 is 2.42 bits per heavy atom. The molecule has 2 atom stereocenters. The Morgan fingerprint density at radius 2 is 1.89 bits per heavy atom. The predicted molar refractivity (Wildman–Crippen MR) is 69.4 cm³/mol. The summed E-state index contributed by atoms with van der Waals surface area (Å²) in [7, 11) is 0. The third-order valence-electron chi connectivity index (χ3n) is 2.67. The number of aliphatic carboxylic acids is 1. The summed E-state index contributed by atoms with van der Waals surface area (Å²) in [6.07, 6.45) is 0.289. The van der Waals surface area contributed by atoms with Gasteiger partial charge >= 0.3 is 5.97 Å². The highest BCUT2D eigenvalue weighted by Gasteiger charge is 2.22. The van der Waals surface area contributed by atoms with Crippen LogP contribution in [-0.2, 0) is 16.0 Å². The molecule has 104 valence electrons. The van der Waals surface area contributed by atoms with Gasteiger partial charge in [0, 0.05) is 13.0 Å². The fourth-order valence-electron chi connectivity index (χ4n) is 1.63. The SMILES string of the molecule is NC(Cc1ccccc1)C(=O)N[C@@H](CCO)C(=O)O. The number of carbonyl (C=O) groups excluding carboxylic acids is 1. The molecule has 1 rings (SSSR count). The molecule has 0 aromatic heterocycles. The van der Waals surface area contributed by atoms with Crippen molar-refractivity contribution in [1.82, 2.24) is 5.32 Å². The van der Waals surface area contributed by atoms with Crippen LogP contribution in [0.25, 0.3) is 0 Å². The van der Waals surface area contributed by atoms with Crippen LogP contribution in [0.15, 0.2) is 30.3 Å². The number of nitrogens with two attached hydrogens (primary N) is 1. The molecule has 6 heteroatoms. The number of aliphatic hydroxyl groups is 1. The molecular weight excluding hydrogens is 248 g/mol. The maximum atomic E-state index is 11.8. The van der Waals surface area contributed by atoms with Gasteiger partial charge in [-0.1, -0.05) is 30.3 Å². The normalized spacial score (nSPS) is 13.6. The smallest absolute Gasteiger partial charge is 0.326 e. The minimum Gasteiger partial charge on any atom is -0.480 e. The molecule has 0 fully saturated rings. The molecule has 0 aliphatic rings. The van der Waals surface area contributed by atoms with E-state index in [-0.39, 0.29) is 13.0 Å². The average Bonchev–Trinajstić information content (AvgIpc) is 2.39. The number of rotatable bonds is 7. The molecule has 1 unspecified atom stereocenters. The van der Waals surface area contributed by atoms with E-state index in [2.05, 4.69) is 5.32 Å². The van der Waals surface area contributed by atoms with Crippen LogP contribution in [0.5, 0.6) is 0 Å². The van der Waals surface area contributed by atoms with Gasteiger partial charge in [0.1, 0.15) is 6.04 Å². The van der Waals surface area contributed by atoms with Gasteiger partial charge in [0.25, 0.3) is 0 Å². The van der Waals surface area contributed by atoms with Crippen LogP contribution in [0, 0.1) is 0 Å². The Labute approximate surface area is 111 Å². The molecular formula is C13H18N2O4. The number of hydrogen-bond acceptors (Lipinski definition) is 4. The van der Waals surface area contributed by atoms with Crippen LogP contribution < -0.4 is 11.1 Å². The van der Waals surface area contributed by atoms with Crippen molar-refractivity contribution in [2.45, 2.75) is 24.9 Å². The van der Waals surface area contributed by atoms with Crippen molar-refractivity contribution < 1.29 is 19.8 Å². The molecule has 0 saturated heterocycles. The minimum atomic E-state index is -1.19. The van der Waals surface area contributed by atoms with Gasteiger partial charge in [-0.15, -0.1) is 0 Å². The van der Waals surface area contributed by atoms with E-state index in [4.69, 9.17) is 15.9 Å². The molecule has 19 heavy (non-hydrogen) atoms. The Bertz CT molecular complexity index is 422. The van der Waals surface area contributed by atoms with E-state index in [0.29, 0.717) is 6.42 Å². The van der Waals surface area contributed by atoms with Gasteiger partial charge < -0.3 is 21.3 Å². The molecule has 0 aliphatic carbocycles. The second kappa shape index (κ2) is 7.50. The summed E-state index contributed by atoms with van der Waals surface area (Å²) in [5.74, 6) is -1.72. The van der Waals surface area contributed by atoms with E-state index < -0.39 is 24.0 Å². The van der Waals surface area contributed by atoms with E-state index >= 15 is 0 Å². The third kappa shape index (κ3) is 5.07. The van der Waals surface area contributed by atoms with Crippen molar-refractivity contribution in [3.63, 3.8) is 0 Å². The summed E-state index contributed by atoms with van der Waals surface area (Å²) >= 11 is 0. The first-order valence-corrected chi connectivity index (χ1v) is 5.98. The number of nitrogens with one attached hydrogen (secondary N) is 1. The standard InChI is InChI=1S/C13H18N2O4/c14-10(8-9-4-2-1-3-5-9)12(17)15-11(6-7-16)13(18)19/h1-5,10-11,16H,6-8,14H2,(H,15,17)(H,18,19)/t10?,11-/m0/s1. The third-order valence-corrected chi connectivity index (χ3v) is 2.67. The van der Waals surface area contributed by atoms with E-state index in [1.807, 2.05) is 30.3 Å². The number of carbonyl (C=O) groups is 2. The quantitative estimate of drug-likeness (QED) is 0.532. The molecule has 0 heterocycles. The van der Waals surface area contributed by atoms with Gasteiger partial charge in [-0.2, -0.15) is 0 Å². The summed E-state index contributed by atoms with van der Waals surface area (Å²) in [5.41, 5.74) is 6.63. The topological polar surface area (TPSA) is 113 Å². The number of carboxylic acids is 1. The van der Waals surface area contributed by atoms with Crippen molar-refractivity contribution in [1.29, 1.82) is 0 Å². The van der Waals surface area contributed by atoms with Gasteiger partial charge in [-0.05, 0) is 12.0 Å². The van der Waals surface area contributed by atoms with Crippen LogP contribution in [0.4, 0.5) is 0 Å². The Balaban J connectivity index is 2.54. The van der Waals surface area contributed by atoms with Gasteiger partial charge in [0.2, 0.25) is 5.91 Å². The van der Waals surface area contributed by atoms with E-state index in [1.54, 1.807) is 0 Å². The van der Waals surface area contributed by atoms with Crippen molar-refractivity contribution >= 4 is 11.9 Å². The summed E-state index contributed by atoms with van der Waals surface area (Å²) in [5, 5.41) is 19.9.